The summed E-state index contributed by atoms with van der Waals surface area (Å²) >= 11 is 0. The van der Waals surface area contributed by atoms with Gasteiger partial charge in [-0.1, -0.05) is 0 Å². The van der Waals surface area contributed by atoms with Crippen LogP contribution in [-0.4, -0.2) is 114 Å². The van der Waals surface area contributed by atoms with Crippen molar-refractivity contribution in [2.24, 2.45) is 0 Å². The zero-order valence-electron chi connectivity index (χ0n) is 13.9. The molecule has 5 nitrogen and oxygen atoms in total. The van der Waals surface area contributed by atoms with E-state index in [1.54, 1.807) is 0 Å². The summed E-state index contributed by atoms with van der Waals surface area (Å²) in [6.07, 6.45) is 0. The van der Waals surface area contributed by atoms with Gasteiger partial charge < -0.3 is 24.3 Å². The standard InChI is InChI=1S/C14H34N4O/c1-15(2)7-8-17(5)9-10-18(6)12-14-19-13-11-16(3)4/h7-14H2,1-6H3. The van der Waals surface area contributed by atoms with E-state index in [0.29, 0.717) is 0 Å². The van der Waals surface area contributed by atoms with Gasteiger partial charge in [-0.3, -0.25) is 0 Å². The normalized spacial score (nSPS) is 12.3. The van der Waals surface area contributed by atoms with Crippen LogP contribution in [0.4, 0.5) is 0 Å². The van der Waals surface area contributed by atoms with Crippen LogP contribution in [0.5, 0.6) is 0 Å². The second-order valence-electron chi connectivity index (χ2n) is 5.83. The molecule has 0 aromatic rings. The van der Waals surface area contributed by atoms with Crippen molar-refractivity contribution in [3.8, 4) is 0 Å². The summed E-state index contributed by atoms with van der Waals surface area (Å²) in [5, 5.41) is 0. The van der Waals surface area contributed by atoms with Crippen LogP contribution in [0.15, 0.2) is 0 Å². The van der Waals surface area contributed by atoms with Gasteiger partial charge in [0.25, 0.3) is 0 Å². The third-order valence-corrected chi connectivity index (χ3v) is 3.09. The Balaban J connectivity index is 3.40. The van der Waals surface area contributed by atoms with Gasteiger partial charge in [0.1, 0.15) is 0 Å². The predicted molar refractivity (Wildman–Crippen MR) is 82.9 cm³/mol. The minimum Gasteiger partial charge on any atom is -0.379 e. The first-order chi connectivity index (χ1) is 8.91. The quantitative estimate of drug-likeness (QED) is 0.466. The van der Waals surface area contributed by atoms with E-state index in [1.165, 1.54) is 0 Å². The van der Waals surface area contributed by atoms with Crippen LogP contribution in [0.25, 0.3) is 0 Å². The minimum absolute atomic E-state index is 0.823. The first-order valence-corrected chi connectivity index (χ1v) is 7.16. The number of ether oxygens (including phenoxy) is 1. The molecule has 0 saturated heterocycles. The molecule has 0 rings (SSSR count). The van der Waals surface area contributed by atoms with Crippen molar-refractivity contribution in [3.05, 3.63) is 0 Å². The fraction of sp³-hybridized carbons (Fsp3) is 1.00. The second-order valence-corrected chi connectivity index (χ2v) is 5.83. The highest BCUT2D eigenvalue weighted by atomic mass is 16.5. The van der Waals surface area contributed by atoms with Gasteiger partial charge in [-0.25, -0.2) is 0 Å². The Kier molecular flexibility index (Phi) is 11.5. The average Bonchev–Trinajstić information content (AvgIpc) is 2.33. The lowest BCUT2D eigenvalue weighted by Crippen LogP contribution is -2.36. The molecule has 0 unspecified atom stereocenters. The summed E-state index contributed by atoms with van der Waals surface area (Å²) in [7, 11) is 12.7. The van der Waals surface area contributed by atoms with Gasteiger partial charge in [-0.15, -0.1) is 0 Å². The summed E-state index contributed by atoms with van der Waals surface area (Å²) in [5.41, 5.74) is 0. The molecule has 0 amide bonds. The predicted octanol–water partition coefficient (Wildman–Crippen LogP) is -0.0102. The molecule has 0 aliphatic heterocycles. The Hall–Kier alpha value is -0.200. The Bertz CT molecular complexity index is 200. The van der Waals surface area contributed by atoms with E-state index >= 15 is 0 Å². The number of likely N-dealkylation sites (N-methyl/N-ethyl adjacent to an activating group) is 4. The molecule has 0 heterocycles. The lowest BCUT2D eigenvalue weighted by molar-refractivity contribution is 0.0964. The third-order valence-electron chi connectivity index (χ3n) is 3.09. The molecular weight excluding hydrogens is 240 g/mol. The molecule has 0 aliphatic rings. The minimum atomic E-state index is 0.823. The highest BCUT2D eigenvalue weighted by Gasteiger charge is 2.02. The van der Waals surface area contributed by atoms with Crippen molar-refractivity contribution in [2.75, 3.05) is 94.8 Å². The van der Waals surface area contributed by atoms with E-state index in [2.05, 4.69) is 61.9 Å². The zero-order valence-corrected chi connectivity index (χ0v) is 13.9. The Morgan fingerprint density at radius 2 is 0.947 bits per heavy atom. The van der Waals surface area contributed by atoms with Crippen molar-refractivity contribution in [2.45, 2.75) is 0 Å². The lowest BCUT2D eigenvalue weighted by Gasteiger charge is -2.23. The van der Waals surface area contributed by atoms with E-state index in [9.17, 15) is 0 Å². The first kappa shape index (κ1) is 18.8. The topological polar surface area (TPSA) is 22.2 Å². The number of rotatable bonds is 12. The maximum Gasteiger partial charge on any atom is 0.0593 e. The van der Waals surface area contributed by atoms with Crippen molar-refractivity contribution in [3.63, 3.8) is 0 Å². The van der Waals surface area contributed by atoms with Gasteiger partial charge in [0.15, 0.2) is 0 Å². The summed E-state index contributed by atoms with van der Waals surface area (Å²) in [6, 6.07) is 0. The molecule has 0 fully saturated rings. The molecule has 0 bridgehead atoms. The maximum absolute atomic E-state index is 5.60. The summed E-state index contributed by atoms with van der Waals surface area (Å²) in [6.45, 7) is 8.11. The van der Waals surface area contributed by atoms with E-state index in [4.69, 9.17) is 4.74 Å². The molecule has 0 spiro atoms. The van der Waals surface area contributed by atoms with E-state index in [1.807, 2.05) is 0 Å². The molecule has 0 N–H and O–H groups in total. The van der Waals surface area contributed by atoms with Gasteiger partial charge in [-0.05, 0) is 42.3 Å². The summed E-state index contributed by atoms with van der Waals surface area (Å²) in [4.78, 5) is 9.08. The molecule has 0 aliphatic carbocycles. The molecule has 0 aromatic heterocycles. The second kappa shape index (κ2) is 11.6. The van der Waals surface area contributed by atoms with Crippen LogP contribution >= 0.6 is 0 Å². The van der Waals surface area contributed by atoms with Gasteiger partial charge in [0, 0.05) is 39.3 Å². The fourth-order valence-corrected chi connectivity index (χ4v) is 1.51. The number of hydrogen-bond acceptors (Lipinski definition) is 5. The maximum atomic E-state index is 5.60. The lowest BCUT2D eigenvalue weighted by atomic mass is 10.4. The van der Waals surface area contributed by atoms with Crippen LogP contribution < -0.4 is 0 Å². The molecule has 0 aromatic carbocycles. The van der Waals surface area contributed by atoms with Crippen LogP contribution in [-0.2, 0) is 4.74 Å². The number of nitrogens with zero attached hydrogens (tertiary/aromatic N) is 4. The molecule has 19 heavy (non-hydrogen) atoms. The highest BCUT2D eigenvalue weighted by molar-refractivity contribution is 4.58. The van der Waals surface area contributed by atoms with E-state index in [0.717, 1.165) is 52.5 Å². The van der Waals surface area contributed by atoms with Crippen molar-refractivity contribution >= 4 is 0 Å². The van der Waals surface area contributed by atoms with E-state index < -0.39 is 0 Å². The number of hydrogen-bond donors (Lipinski definition) is 0. The van der Waals surface area contributed by atoms with Gasteiger partial charge in [0.2, 0.25) is 0 Å². The van der Waals surface area contributed by atoms with Gasteiger partial charge in [0.05, 0.1) is 13.2 Å². The molecule has 116 valence electrons. The molecule has 0 atom stereocenters. The highest BCUT2D eigenvalue weighted by Crippen LogP contribution is 1.89. The van der Waals surface area contributed by atoms with Crippen LogP contribution in [0, 0.1) is 0 Å². The molecule has 0 radical (unpaired) electrons. The summed E-state index contributed by atoms with van der Waals surface area (Å²) in [5.74, 6) is 0. The summed E-state index contributed by atoms with van der Waals surface area (Å²) < 4.78 is 5.60. The zero-order chi connectivity index (χ0) is 14.7. The molecule has 5 heteroatoms. The Morgan fingerprint density at radius 3 is 1.47 bits per heavy atom. The van der Waals surface area contributed by atoms with Crippen LogP contribution in [0.1, 0.15) is 0 Å². The van der Waals surface area contributed by atoms with E-state index in [-0.39, 0.29) is 0 Å². The van der Waals surface area contributed by atoms with Crippen molar-refractivity contribution < 1.29 is 4.74 Å². The smallest absolute Gasteiger partial charge is 0.0593 e. The van der Waals surface area contributed by atoms with Gasteiger partial charge in [-0.2, -0.15) is 0 Å². The Labute approximate surface area is 120 Å². The third kappa shape index (κ3) is 14.0. The van der Waals surface area contributed by atoms with Crippen LogP contribution in [0.3, 0.4) is 0 Å². The van der Waals surface area contributed by atoms with Gasteiger partial charge >= 0.3 is 0 Å². The fourth-order valence-electron chi connectivity index (χ4n) is 1.51. The average molecular weight is 274 g/mol. The molecular formula is C14H34N4O. The van der Waals surface area contributed by atoms with Crippen LogP contribution in [0.2, 0.25) is 0 Å². The van der Waals surface area contributed by atoms with Crippen molar-refractivity contribution in [1.82, 2.24) is 19.6 Å². The Morgan fingerprint density at radius 1 is 0.526 bits per heavy atom. The first-order valence-electron chi connectivity index (χ1n) is 7.16. The largest absolute Gasteiger partial charge is 0.379 e. The monoisotopic (exact) mass is 274 g/mol. The van der Waals surface area contributed by atoms with Crippen molar-refractivity contribution in [1.29, 1.82) is 0 Å². The molecule has 0 saturated carbocycles. The SMILES string of the molecule is CN(C)CCOCCN(C)CCN(C)CCN(C)C.